The van der Waals surface area contributed by atoms with Crippen LogP contribution < -0.4 is 15.8 Å². The molecule has 2 aliphatic rings. The minimum absolute atomic E-state index is 0.0741. The molecule has 2 atom stereocenters. The second kappa shape index (κ2) is 5.74. The Morgan fingerprint density at radius 2 is 2.09 bits per heavy atom. The van der Waals surface area contributed by atoms with Crippen LogP contribution in [0.25, 0.3) is 0 Å². The lowest BCUT2D eigenvalue weighted by atomic mass is 9.81. The van der Waals surface area contributed by atoms with Crippen LogP contribution in [0.4, 0.5) is 0 Å². The van der Waals surface area contributed by atoms with Crippen LogP contribution in [0.15, 0.2) is 35.2 Å². The maximum Gasteiger partial charge on any atom is 0.161 e. The molecule has 120 valence electrons. The van der Waals surface area contributed by atoms with Crippen LogP contribution in [-0.4, -0.2) is 34.6 Å². The van der Waals surface area contributed by atoms with Crippen molar-refractivity contribution in [3.05, 3.63) is 40.7 Å². The average molecular weight is 315 g/mol. The van der Waals surface area contributed by atoms with Gasteiger partial charge in [-0.25, -0.2) is 0 Å². The van der Waals surface area contributed by atoms with E-state index in [1.54, 1.807) is 6.08 Å². The van der Waals surface area contributed by atoms with Crippen molar-refractivity contribution >= 4 is 0 Å². The zero-order chi connectivity index (χ0) is 16.6. The van der Waals surface area contributed by atoms with E-state index in [0.29, 0.717) is 35.7 Å². The molecule has 0 amide bonds. The Labute approximate surface area is 132 Å². The van der Waals surface area contributed by atoms with E-state index in [4.69, 9.17) is 15.6 Å². The number of aromatic hydroxyl groups is 2. The number of aliphatic hydroxyl groups is 1. The number of hydrogen-bond acceptors (Lipinski definition) is 7. The third kappa shape index (κ3) is 2.53. The van der Waals surface area contributed by atoms with Crippen LogP contribution in [0, 0.1) is 17.2 Å². The summed E-state index contributed by atoms with van der Waals surface area (Å²) in [6.45, 7) is 0.222. The van der Waals surface area contributed by atoms with Gasteiger partial charge in [-0.3, -0.25) is 0 Å². The largest absolute Gasteiger partial charge is 0.504 e. The van der Waals surface area contributed by atoms with Crippen molar-refractivity contribution in [3.8, 4) is 23.3 Å². The lowest BCUT2D eigenvalue weighted by Gasteiger charge is -2.37. The first-order valence-electron chi connectivity index (χ1n) is 7.23. The minimum Gasteiger partial charge on any atom is -0.504 e. The van der Waals surface area contributed by atoms with E-state index < -0.39 is 0 Å². The molecular formula is C16H17N3O4. The molecule has 0 saturated heterocycles. The number of hydrogen-bond donors (Lipinski definition) is 5. The summed E-state index contributed by atoms with van der Waals surface area (Å²) >= 11 is 0. The molecule has 7 heteroatoms. The number of ether oxygens (including phenoxy) is 1. The number of rotatable bonds is 3. The molecule has 6 N–H and O–H groups in total. The number of aliphatic hydroxyl groups excluding tert-OH is 1. The smallest absolute Gasteiger partial charge is 0.161 e. The number of nitrogens with one attached hydrogen (secondary N) is 1. The molecule has 3 rings (SSSR count). The number of phenolic OH excluding ortho intramolecular Hbond substituents is 2. The van der Waals surface area contributed by atoms with E-state index in [9.17, 15) is 15.5 Å². The molecule has 7 nitrogen and oxygen atoms in total. The maximum absolute atomic E-state index is 9.67. The molecule has 23 heavy (non-hydrogen) atoms. The van der Waals surface area contributed by atoms with Crippen molar-refractivity contribution in [1.29, 1.82) is 5.26 Å². The Kier molecular flexibility index (Phi) is 3.76. The van der Waals surface area contributed by atoms with E-state index in [1.807, 2.05) is 0 Å². The Balaban J connectivity index is 2.02. The highest BCUT2D eigenvalue weighted by Crippen LogP contribution is 2.42. The van der Waals surface area contributed by atoms with Gasteiger partial charge in [0.05, 0.1) is 17.9 Å². The van der Waals surface area contributed by atoms with Gasteiger partial charge in [-0.2, -0.15) is 5.26 Å². The van der Waals surface area contributed by atoms with E-state index in [1.165, 1.54) is 12.1 Å². The number of nitrogens with zero attached hydrogens (tertiary/aromatic N) is 1. The van der Waals surface area contributed by atoms with Gasteiger partial charge in [0.25, 0.3) is 0 Å². The van der Waals surface area contributed by atoms with Gasteiger partial charge in [0.15, 0.2) is 11.5 Å². The van der Waals surface area contributed by atoms with Gasteiger partial charge >= 0.3 is 0 Å². The monoisotopic (exact) mass is 315 g/mol. The fourth-order valence-electron chi connectivity index (χ4n) is 3.00. The lowest BCUT2D eigenvalue weighted by Crippen LogP contribution is -2.41. The average Bonchev–Trinajstić information content (AvgIpc) is 2.52. The summed E-state index contributed by atoms with van der Waals surface area (Å²) in [6.07, 6.45) is 1.81. The van der Waals surface area contributed by atoms with Crippen molar-refractivity contribution < 1.29 is 20.1 Å². The molecule has 2 unspecified atom stereocenters. The van der Waals surface area contributed by atoms with Gasteiger partial charge in [0, 0.05) is 24.2 Å². The fourth-order valence-corrected chi connectivity index (χ4v) is 3.00. The van der Waals surface area contributed by atoms with Gasteiger partial charge in [-0.05, 0) is 24.1 Å². The number of fused-ring (bicyclic) bond motifs is 2. The first kappa shape index (κ1) is 15.1. The first-order chi connectivity index (χ1) is 11.0. The van der Waals surface area contributed by atoms with Crippen LogP contribution in [0.5, 0.6) is 17.2 Å². The molecule has 1 aromatic carbocycles. The van der Waals surface area contributed by atoms with Crippen molar-refractivity contribution in [3.63, 3.8) is 0 Å². The Morgan fingerprint density at radius 3 is 2.78 bits per heavy atom. The molecule has 0 radical (unpaired) electrons. The summed E-state index contributed by atoms with van der Waals surface area (Å²) in [5.74, 6) is -0.166. The van der Waals surface area contributed by atoms with Crippen molar-refractivity contribution in [2.45, 2.75) is 12.5 Å². The third-order valence-corrected chi connectivity index (χ3v) is 4.07. The van der Waals surface area contributed by atoms with E-state index >= 15 is 0 Å². The highest BCUT2D eigenvalue weighted by molar-refractivity contribution is 5.54. The van der Waals surface area contributed by atoms with Crippen molar-refractivity contribution in [2.24, 2.45) is 11.7 Å². The first-order valence-corrected chi connectivity index (χ1v) is 7.23. The fraction of sp³-hybridized carbons (Fsp3) is 0.312. The second-order valence-corrected chi connectivity index (χ2v) is 5.51. The number of benzene rings is 1. The maximum atomic E-state index is 9.67. The van der Waals surface area contributed by atoms with Crippen molar-refractivity contribution in [2.75, 3.05) is 13.2 Å². The van der Waals surface area contributed by atoms with Crippen LogP contribution >= 0.6 is 0 Å². The molecular weight excluding hydrogens is 298 g/mol. The van der Waals surface area contributed by atoms with E-state index in [0.717, 1.165) is 5.56 Å². The Bertz CT molecular complexity index is 748. The highest BCUT2D eigenvalue weighted by Gasteiger charge is 2.37. The molecule has 0 bridgehead atoms. The Morgan fingerprint density at radius 1 is 1.35 bits per heavy atom. The summed E-state index contributed by atoms with van der Waals surface area (Å²) in [4.78, 5) is 0. The Hall–Kier alpha value is -2.85. The van der Waals surface area contributed by atoms with Crippen LogP contribution in [0.1, 0.15) is 5.56 Å². The predicted molar refractivity (Wildman–Crippen MR) is 81.4 cm³/mol. The summed E-state index contributed by atoms with van der Waals surface area (Å²) in [7, 11) is 0. The number of phenols is 2. The SMILES string of the molecule is N#CC1=C(NCCO)C2Cc3cc(O)c(O)cc3OC2C=C1N. The highest BCUT2D eigenvalue weighted by atomic mass is 16.5. The van der Waals surface area contributed by atoms with Crippen LogP contribution in [0.3, 0.4) is 0 Å². The number of nitriles is 1. The molecule has 1 aliphatic heterocycles. The minimum atomic E-state index is -0.385. The molecule has 0 aromatic heterocycles. The topological polar surface area (TPSA) is 132 Å². The van der Waals surface area contributed by atoms with Gasteiger partial charge in [0.1, 0.15) is 17.9 Å². The quantitative estimate of drug-likeness (QED) is 0.504. The normalized spacial score (nSPS) is 22.3. The standard InChI is InChI=1S/C16H17N3O4/c17-7-10-11(18)5-15-9(16(10)19-1-2-20)3-8-4-12(21)13(22)6-14(8)23-15/h4-6,9,15,19-22H,1-3,18H2. The molecule has 1 aromatic rings. The van der Waals surface area contributed by atoms with Crippen LogP contribution in [-0.2, 0) is 6.42 Å². The third-order valence-electron chi connectivity index (χ3n) is 4.07. The lowest BCUT2D eigenvalue weighted by molar-refractivity contribution is 0.163. The predicted octanol–water partition coefficient (Wildman–Crippen LogP) is 0.233. The van der Waals surface area contributed by atoms with Gasteiger partial charge in [0.2, 0.25) is 0 Å². The molecule has 0 spiro atoms. The molecule has 0 fully saturated rings. The van der Waals surface area contributed by atoms with Crippen LogP contribution in [0.2, 0.25) is 0 Å². The summed E-state index contributed by atoms with van der Waals surface area (Å²) in [6, 6.07) is 4.91. The second-order valence-electron chi connectivity index (χ2n) is 5.51. The van der Waals surface area contributed by atoms with E-state index in [2.05, 4.69) is 11.4 Å². The van der Waals surface area contributed by atoms with Gasteiger partial charge in [-0.1, -0.05) is 0 Å². The number of allylic oxidation sites excluding steroid dienone is 1. The van der Waals surface area contributed by atoms with Gasteiger partial charge in [-0.15, -0.1) is 0 Å². The van der Waals surface area contributed by atoms with Crippen molar-refractivity contribution in [1.82, 2.24) is 5.32 Å². The summed E-state index contributed by atoms with van der Waals surface area (Å²) < 4.78 is 5.87. The molecule has 1 aliphatic carbocycles. The van der Waals surface area contributed by atoms with Gasteiger partial charge < -0.3 is 31.1 Å². The number of nitrogens with two attached hydrogens (primary N) is 1. The van der Waals surface area contributed by atoms with E-state index in [-0.39, 0.29) is 30.1 Å². The zero-order valence-electron chi connectivity index (χ0n) is 12.3. The zero-order valence-corrected chi connectivity index (χ0v) is 12.3. The summed E-state index contributed by atoms with van der Waals surface area (Å²) in [5.41, 5.74) is 7.97. The molecule has 0 saturated carbocycles. The summed E-state index contributed by atoms with van der Waals surface area (Å²) in [5, 5.41) is 40.7. The molecule has 1 heterocycles.